The minimum absolute atomic E-state index is 0.224. The molecule has 3 rings (SSSR count). The highest BCUT2D eigenvalue weighted by Crippen LogP contribution is 2.16. The topological polar surface area (TPSA) is 67.5 Å². The molecule has 6 nitrogen and oxygen atoms in total. The Morgan fingerprint density at radius 1 is 1.25 bits per heavy atom. The molecule has 104 valence electrons. The first-order valence-electron chi connectivity index (χ1n) is 6.47. The van der Waals surface area contributed by atoms with Gasteiger partial charge in [-0.2, -0.15) is 0 Å². The molecule has 6 heteroatoms. The maximum Gasteiger partial charge on any atom is 0.325 e. The average molecular weight is 271 g/mol. The molecule has 0 unspecified atom stereocenters. The molecule has 0 fully saturated rings. The van der Waals surface area contributed by atoms with Gasteiger partial charge in [0.1, 0.15) is 12.0 Å². The highest BCUT2D eigenvalue weighted by Gasteiger charge is 2.08. The maximum atomic E-state index is 11.2. The van der Waals surface area contributed by atoms with Crippen LogP contribution in [0.2, 0.25) is 0 Å². The van der Waals surface area contributed by atoms with Crippen molar-refractivity contribution in [1.29, 1.82) is 0 Å². The van der Waals surface area contributed by atoms with Crippen molar-refractivity contribution in [2.75, 3.05) is 25.7 Å². The van der Waals surface area contributed by atoms with Gasteiger partial charge in [0.15, 0.2) is 5.49 Å². The van der Waals surface area contributed by atoms with E-state index in [0.717, 1.165) is 17.6 Å². The van der Waals surface area contributed by atoms with Gasteiger partial charge in [0.25, 0.3) is 0 Å². The Kier molecular flexibility index (Phi) is 3.15. The largest absolute Gasteiger partial charge is 0.326 e. The number of fused-ring (bicyclic) bond motifs is 1. The molecule has 0 aliphatic carbocycles. The molecule has 0 bridgehead atoms. The lowest BCUT2D eigenvalue weighted by Gasteiger charge is -2.20. The first-order chi connectivity index (χ1) is 9.61. The molecule has 0 atom stereocenters. The van der Waals surface area contributed by atoms with Crippen LogP contribution in [-0.2, 0) is 6.54 Å². The van der Waals surface area contributed by atoms with Crippen molar-refractivity contribution in [3.05, 3.63) is 51.2 Å². The lowest BCUT2D eigenvalue weighted by atomic mass is 10.2. The molecule has 1 aromatic heterocycles. The summed E-state index contributed by atoms with van der Waals surface area (Å²) in [7, 11) is 4.10. The molecule has 0 amide bonds. The highest BCUT2D eigenvalue weighted by atomic mass is 16.1. The zero-order valence-electron chi connectivity index (χ0n) is 11.6. The summed E-state index contributed by atoms with van der Waals surface area (Å²) >= 11 is 0. The van der Waals surface area contributed by atoms with Crippen LogP contribution in [0, 0.1) is 0 Å². The predicted molar refractivity (Wildman–Crippen MR) is 77.8 cm³/mol. The maximum absolute atomic E-state index is 11.2. The van der Waals surface area contributed by atoms with Crippen LogP contribution >= 0.6 is 0 Å². The van der Waals surface area contributed by atoms with Crippen molar-refractivity contribution in [2.45, 2.75) is 6.54 Å². The number of nitrogens with zero attached hydrogens (tertiary/aromatic N) is 3. The zero-order chi connectivity index (χ0) is 14.1. The molecule has 1 aliphatic rings. The van der Waals surface area contributed by atoms with Gasteiger partial charge in [-0.15, -0.1) is 0 Å². The van der Waals surface area contributed by atoms with Crippen molar-refractivity contribution in [3.8, 4) is 0 Å². The number of imidazole rings is 1. The van der Waals surface area contributed by atoms with Crippen LogP contribution in [0.1, 0.15) is 5.56 Å². The molecular weight excluding hydrogens is 254 g/mol. The van der Waals surface area contributed by atoms with E-state index >= 15 is 0 Å². The van der Waals surface area contributed by atoms with E-state index in [-0.39, 0.29) is 5.69 Å². The Morgan fingerprint density at radius 2 is 2.00 bits per heavy atom. The van der Waals surface area contributed by atoms with Gasteiger partial charge >= 0.3 is 5.69 Å². The first-order valence-corrected chi connectivity index (χ1v) is 6.47. The van der Waals surface area contributed by atoms with E-state index in [1.54, 1.807) is 0 Å². The summed E-state index contributed by atoms with van der Waals surface area (Å²) in [5.74, 6) is 0. The smallest absolute Gasteiger partial charge is 0.325 e. The number of anilines is 1. The Labute approximate surface area is 116 Å². The molecule has 2 N–H and O–H groups in total. The predicted octanol–water partition coefficient (Wildman–Crippen LogP) is -0.400. The fourth-order valence-electron chi connectivity index (χ4n) is 2.26. The van der Waals surface area contributed by atoms with Gasteiger partial charge in [0.2, 0.25) is 0 Å². The molecule has 2 heterocycles. The number of H-pyrrole nitrogens is 2. The number of aromatic nitrogens is 2. The van der Waals surface area contributed by atoms with E-state index in [1.165, 1.54) is 5.56 Å². The number of rotatable bonds is 3. The lowest BCUT2D eigenvalue weighted by Crippen LogP contribution is -2.36. The molecule has 1 aliphatic heterocycles. The number of hydrogen-bond donors (Lipinski definition) is 2. The molecular formula is C14H17N5O. The van der Waals surface area contributed by atoms with Gasteiger partial charge in [-0.25, -0.2) is 9.79 Å². The Balaban J connectivity index is 1.87. The summed E-state index contributed by atoms with van der Waals surface area (Å²) in [6.07, 6.45) is 1.90. The number of hydrogen-bond acceptors (Lipinski definition) is 4. The molecule has 0 radical (unpaired) electrons. The van der Waals surface area contributed by atoms with Crippen LogP contribution in [0.4, 0.5) is 5.69 Å². The molecule has 0 spiro atoms. The summed E-state index contributed by atoms with van der Waals surface area (Å²) in [4.78, 5) is 25.1. The number of aromatic amines is 2. The van der Waals surface area contributed by atoms with Crippen LogP contribution in [0.25, 0.3) is 6.20 Å². The second kappa shape index (κ2) is 4.97. The van der Waals surface area contributed by atoms with Crippen LogP contribution in [0.15, 0.2) is 34.1 Å². The van der Waals surface area contributed by atoms with Crippen molar-refractivity contribution in [3.63, 3.8) is 0 Å². The molecule has 0 saturated heterocycles. The van der Waals surface area contributed by atoms with Crippen LogP contribution in [0.5, 0.6) is 0 Å². The average Bonchev–Trinajstić information content (AvgIpc) is 2.78. The van der Waals surface area contributed by atoms with Crippen LogP contribution in [-0.4, -0.2) is 35.6 Å². The molecule has 2 aromatic rings. The van der Waals surface area contributed by atoms with E-state index in [1.807, 2.05) is 11.1 Å². The summed E-state index contributed by atoms with van der Waals surface area (Å²) in [5, 5.41) is 0.721. The van der Waals surface area contributed by atoms with E-state index in [4.69, 9.17) is 0 Å². The van der Waals surface area contributed by atoms with E-state index in [0.29, 0.717) is 12.2 Å². The fraction of sp³-hybridized carbons (Fsp3) is 0.286. The molecule has 0 saturated carbocycles. The summed E-state index contributed by atoms with van der Waals surface area (Å²) in [6.45, 7) is 1.43. The van der Waals surface area contributed by atoms with Crippen molar-refractivity contribution < 1.29 is 0 Å². The van der Waals surface area contributed by atoms with Gasteiger partial charge in [0.05, 0.1) is 0 Å². The van der Waals surface area contributed by atoms with E-state index in [2.05, 4.69) is 58.2 Å². The minimum Gasteiger partial charge on any atom is -0.326 e. The summed E-state index contributed by atoms with van der Waals surface area (Å²) in [5.41, 5.74) is 2.72. The highest BCUT2D eigenvalue weighted by molar-refractivity contribution is 5.58. The van der Waals surface area contributed by atoms with Crippen molar-refractivity contribution >= 4 is 11.9 Å². The Morgan fingerprint density at radius 3 is 2.70 bits per heavy atom. The Bertz CT molecular complexity index is 769. The first kappa shape index (κ1) is 12.7. The van der Waals surface area contributed by atoms with Crippen LogP contribution < -0.4 is 21.4 Å². The summed E-state index contributed by atoms with van der Waals surface area (Å²) < 4.78 is 0. The van der Waals surface area contributed by atoms with Gasteiger partial charge in [-0.1, -0.05) is 12.1 Å². The van der Waals surface area contributed by atoms with E-state index in [9.17, 15) is 4.79 Å². The normalized spacial score (nSPS) is 13.8. The lowest BCUT2D eigenvalue weighted by molar-refractivity contribution is 0.402. The van der Waals surface area contributed by atoms with Crippen molar-refractivity contribution in [2.24, 2.45) is 4.99 Å². The van der Waals surface area contributed by atoms with Gasteiger partial charge in [-0.05, 0) is 31.8 Å². The monoisotopic (exact) mass is 271 g/mol. The third kappa shape index (κ3) is 2.50. The van der Waals surface area contributed by atoms with Gasteiger partial charge < -0.3 is 14.8 Å². The van der Waals surface area contributed by atoms with Gasteiger partial charge in [0, 0.05) is 18.4 Å². The number of nitrogens with one attached hydrogen (secondary N) is 2. The van der Waals surface area contributed by atoms with Gasteiger partial charge in [-0.3, -0.25) is 4.98 Å². The Hall–Kier alpha value is -2.34. The third-order valence-electron chi connectivity index (χ3n) is 3.17. The molecule has 1 aromatic carbocycles. The fourth-order valence-corrected chi connectivity index (χ4v) is 2.26. The third-order valence-corrected chi connectivity index (χ3v) is 3.17. The quantitative estimate of drug-likeness (QED) is 0.798. The molecule has 20 heavy (non-hydrogen) atoms. The van der Waals surface area contributed by atoms with E-state index < -0.39 is 0 Å². The SMILES string of the molecule is CN(C)Cc1ccc(N2C=c3[nH]c(=O)[nH]c3=NC2)cc1. The van der Waals surface area contributed by atoms with Crippen LogP contribution in [0.3, 0.4) is 0 Å². The number of benzene rings is 1. The summed E-state index contributed by atoms with van der Waals surface area (Å²) in [6, 6.07) is 8.36. The second-order valence-electron chi connectivity index (χ2n) is 5.14. The minimum atomic E-state index is -0.224. The zero-order valence-corrected chi connectivity index (χ0v) is 11.6. The van der Waals surface area contributed by atoms with Crippen molar-refractivity contribution in [1.82, 2.24) is 14.9 Å². The standard InChI is InChI=1S/C14H17N5O/c1-18(2)7-10-3-5-11(6-4-10)19-8-12-13(15-9-19)17-14(20)16-12/h3-6,8H,7,9H2,1-2H3,(H2,15,16,17,20). The second-order valence-corrected chi connectivity index (χ2v) is 5.14.